The van der Waals surface area contributed by atoms with Gasteiger partial charge in [0.2, 0.25) is 21.8 Å². The largest absolute Gasteiger partial charge is 0.352 e. The standard InChI is InChI=1S/C30H36BrN3O4S/c1-21(2)32-30(36)28(18-24-9-7-6-8-10-24)33(19-25-12-14-26(31)15-13-25)29(35)20-34(39(5,37)38)27-16-11-22(3)23(4)17-27/h6-17,21,28H,18-20H2,1-5H3,(H,32,36)/t28-/m0/s1. The van der Waals surface area contributed by atoms with Crippen molar-refractivity contribution in [3.8, 4) is 0 Å². The predicted molar refractivity (Wildman–Crippen MR) is 160 cm³/mol. The maximum Gasteiger partial charge on any atom is 0.244 e. The van der Waals surface area contributed by atoms with Crippen LogP contribution < -0.4 is 9.62 Å². The Balaban J connectivity index is 2.06. The van der Waals surface area contributed by atoms with Crippen LogP contribution in [0.3, 0.4) is 0 Å². The molecule has 0 spiro atoms. The zero-order chi connectivity index (χ0) is 28.7. The average Bonchev–Trinajstić information content (AvgIpc) is 2.87. The number of carbonyl (C=O) groups excluding carboxylic acids is 2. The lowest BCUT2D eigenvalue weighted by Gasteiger charge is -2.34. The van der Waals surface area contributed by atoms with Gasteiger partial charge in [0.1, 0.15) is 12.6 Å². The van der Waals surface area contributed by atoms with E-state index in [0.717, 1.165) is 37.3 Å². The third-order valence-electron chi connectivity index (χ3n) is 6.43. The maximum absolute atomic E-state index is 14.0. The summed E-state index contributed by atoms with van der Waals surface area (Å²) < 4.78 is 27.8. The van der Waals surface area contributed by atoms with Crippen LogP contribution >= 0.6 is 15.9 Å². The molecule has 3 rings (SSSR count). The number of nitrogens with zero attached hydrogens (tertiary/aromatic N) is 2. The molecule has 0 saturated carbocycles. The number of rotatable bonds is 11. The highest BCUT2D eigenvalue weighted by atomic mass is 79.9. The Morgan fingerprint density at radius 2 is 1.54 bits per heavy atom. The van der Waals surface area contributed by atoms with Gasteiger partial charge in [0.25, 0.3) is 0 Å². The van der Waals surface area contributed by atoms with E-state index in [1.165, 1.54) is 4.90 Å². The fourth-order valence-corrected chi connectivity index (χ4v) is 5.32. The van der Waals surface area contributed by atoms with Gasteiger partial charge >= 0.3 is 0 Å². The summed E-state index contributed by atoms with van der Waals surface area (Å²) in [5.41, 5.74) is 4.05. The zero-order valence-corrected chi connectivity index (χ0v) is 25.4. The van der Waals surface area contributed by atoms with Crippen LogP contribution in [-0.4, -0.2) is 50.0 Å². The molecule has 9 heteroatoms. The SMILES string of the molecule is Cc1ccc(N(CC(=O)N(Cc2ccc(Br)cc2)[C@@H](Cc2ccccc2)C(=O)NC(C)C)S(C)(=O)=O)cc1C. The molecule has 0 aromatic heterocycles. The Hall–Kier alpha value is -3.17. The third kappa shape index (κ3) is 8.66. The molecule has 0 aliphatic carbocycles. The molecular weight excluding hydrogens is 578 g/mol. The van der Waals surface area contributed by atoms with Gasteiger partial charge in [0.05, 0.1) is 11.9 Å². The van der Waals surface area contributed by atoms with Crippen LogP contribution in [0.1, 0.15) is 36.1 Å². The first-order valence-corrected chi connectivity index (χ1v) is 15.4. The molecule has 2 amide bonds. The molecule has 0 radical (unpaired) electrons. The highest BCUT2D eigenvalue weighted by Gasteiger charge is 2.33. The first-order valence-electron chi connectivity index (χ1n) is 12.8. The van der Waals surface area contributed by atoms with Crippen LogP contribution in [0.2, 0.25) is 0 Å². The van der Waals surface area contributed by atoms with Gasteiger partial charge in [-0.1, -0.05) is 64.5 Å². The van der Waals surface area contributed by atoms with Crippen LogP contribution in [0.25, 0.3) is 0 Å². The Bertz CT molecular complexity index is 1390. The van der Waals surface area contributed by atoms with Crippen LogP contribution in [0.15, 0.2) is 77.3 Å². The highest BCUT2D eigenvalue weighted by Crippen LogP contribution is 2.23. The second-order valence-electron chi connectivity index (χ2n) is 10.1. The lowest BCUT2D eigenvalue weighted by atomic mass is 10.0. The summed E-state index contributed by atoms with van der Waals surface area (Å²) in [6.45, 7) is 7.27. The predicted octanol–water partition coefficient (Wildman–Crippen LogP) is 5.00. The number of hydrogen-bond acceptors (Lipinski definition) is 4. The van der Waals surface area contributed by atoms with E-state index in [4.69, 9.17) is 0 Å². The number of halogens is 1. The number of nitrogens with one attached hydrogen (secondary N) is 1. The molecule has 0 saturated heterocycles. The van der Waals surface area contributed by atoms with E-state index in [9.17, 15) is 18.0 Å². The zero-order valence-electron chi connectivity index (χ0n) is 23.0. The molecule has 0 unspecified atom stereocenters. The molecule has 3 aromatic rings. The number of anilines is 1. The molecule has 1 N–H and O–H groups in total. The van der Waals surface area contributed by atoms with Gasteiger partial charge in [0.15, 0.2) is 0 Å². The minimum atomic E-state index is -3.80. The molecule has 0 bridgehead atoms. The Labute approximate surface area is 240 Å². The van der Waals surface area contributed by atoms with Gasteiger partial charge in [-0.25, -0.2) is 8.42 Å². The fourth-order valence-electron chi connectivity index (χ4n) is 4.22. The average molecular weight is 615 g/mol. The third-order valence-corrected chi connectivity index (χ3v) is 8.10. The summed E-state index contributed by atoms with van der Waals surface area (Å²) in [6, 6.07) is 21.3. The van der Waals surface area contributed by atoms with Gasteiger partial charge in [-0.3, -0.25) is 13.9 Å². The van der Waals surface area contributed by atoms with Gasteiger partial charge in [-0.2, -0.15) is 0 Å². The molecule has 1 atom stereocenters. The van der Waals surface area contributed by atoms with E-state index in [2.05, 4.69) is 21.2 Å². The van der Waals surface area contributed by atoms with Crippen LogP contribution in [0.5, 0.6) is 0 Å². The number of sulfonamides is 1. The van der Waals surface area contributed by atoms with E-state index in [-0.39, 0.29) is 24.9 Å². The molecule has 7 nitrogen and oxygen atoms in total. The molecule has 0 fully saturated rings. The van der Waals surface area contributed by atoms with Crippen molar-refractivity contribution in [2.24, 2.45) is 0 Å². The lowest BCUT2D eigenvalue weighted by molar-refractivity contribution is -0.140. The molecule has 0 heterocycles. The maximum atomic E-state index is 14.0. The molecular formula is C30H36BrN3O4S. The van der Waals surface area contributed by atoms with E-state index in [0.29, 0.717) is 5.69 Å². The molecule has 39 heavy (non-hydrogen) atoms. The van der Waals surface area contributed by atoms with E-state index < -0.39 is 28.5 Å². The van der Waals surface area contributed by atoms with E-state index in [1.54, 1.807) is 12.1 Å². The van der Waals surface area contributed by atoms with Crippen molar-refractivity contribution >= 4 is 43.5 Å². The number of benzene rings is 3. The topological polar surface area (TPSA) is 86.8 Å². The summed E-state index contributed by atoms with van der Waals surface area (Å²) in [5, 5.41) is 2.95. The Morgan fingerprint density at radius 1 is 0.897 bits per heavy atom. The van der Waals surface area contributed by atoms with Crippen molar-refractivity contribution < 1.29 is 18.0 Å². The number of amides is 2. The van der Waals surface area contributed by atoms with E-state index >= 15 is 0 Å². The molecule has 0 aliphatic heterocycles. The van der Waals surface area contributed by atoms with Crippen molar-refractivity contribution in [1.29, 1.82) is 0 Å². The summed E-state index contributed by atoms with van der Waals surface area (Å²) in [5.74, 6) is -0.766. The van der Waals surface area contributed by atoms with Crippen LogP contribution in [-0.2, 0) is 32.6 Å². The molecule has 208 valence electrons. The number of carbonyl (C=O) groups is 2. The first kappa shape index (κ1) is 30.4. The second-order valence-corrected chi connectivity index (χ2v) is 12.9. The molecule has 0 aliphatic rings. The van der Waals surface area contributed by atoms with Crippen molar-refractivity contribution in [1.82, 2.24) is 10.2 Å². The summed E-state index contributed by atoms with van der Waals surface area (Å²) in [6.07, 6.45) is 1.37. The fraction of sp³-hybridized carbons (Fsp3) is 0.333. The number of hydrogen-bond donors (Lipinski definition) is 1. The Morgan fingerprint density at radius 3 is 2.10 bits per heavy atom. The minimum Gasteiger partial charge on any atom is -0.352 e. The summed E-state index contributed by atoms with van der Waals surface area (Å²) in [7, 11) is -3.80. The molecule has 3 aromatic carbocycles. The van der Waals surface area contributed by atoms with Gasteiger partial charge < -0.3 is 10.2 Å². The van der Waals surface area contributed by atoms with Crippen molar-refractivity contribution in [3.63, 3.8) is 0 Å². The van der Waals surface area contributed by atoms with E-state index in [1.807, 2.05) is 88.4 Å². The normalized spacial score (nSPS) is 12.2. The minimum absolute atomic E-state index is 0.136. The quantitative estimate of drug-likeness (QED) is 0.330. The van der Waals surface area contributed by atoms with Crippen molar-refractivity contribution in [2.75, 3.05) is 17.1 Å². The summed E-state index contributed by atoms with van der Waals surface area (Å²) in [4.78, 5) is 29.1. The van der Waals surface area contributed by atoms with Crippen molar-refractivity contribution in [2.45, 2.75) is 52.7 Å². The number of aryl methyl sites for hydroxylation is 2. The lowest BCUT2D eigenvalue weighted by Crippen LogP contribution is -2.54. The Kier molecular flexibility index (Phi) is 10.3. The van der Waals surface area contributed by atoms with Gasteiger partial charge in [-0.15, -0.1) is 0 Å². The summed E-state index contributed by atoms with van der Waals surface area (Å²) >= 11 is 3.44. The first-order chi connectivity index (χ1) is 18.3. The second kappa shape index (κ2) is 13.3. The van der Waals surface area contributed by atoms with Crippen LogP contribution in [0.4, 0.5) is 5.69 Å². The van der Waals surface area contributed by atoms with Crippen molar-refractivity contribution in [3.05, 3.63) is 99.5 Å². The van der Waals surface area contributed by atoms with Gasteiger partial charge in [-0.05, 0) is 74.2 Å². The monoisotopic (exact) mass is 613 g/mol. The smallest absolute Gasteiger partial charge is 0.244 e. The van der Waals surface area contributed by atoms with Gasteiger partial charge in [0, 0.05) is 23.5 Å². The van der Waals surface area contributed by atoms with Crippen LogP contribution in [0, 0.1) is 13.8 Å². The highest BCUT2D eigenvalue weighted by molar-refractivity contribution is 9.10.